The number of rotatable bonds is 5. The molecule has 0 saturated carbocycles. The summed E-state index contributed by atoms with van der Waals surface area (Å²) in [5.74, 6) is 1.05. The molecule has 7 heteroatoms. The number of halogens is 2. The van der Waals surface area contributed by atoms with Crippen LogP contribution in [0.1, 0.15) is 36.2 Å². The smallest absolute Gasteiger partial charge is 0.244 e. The summed E-state index contributed by atoms with van der Waals surface area (Å²) in [5, 5.41) is 7.34. The third kappa shape index (κ3) is 3.88. The van der Waals surface area contributed by atoms with Gasteiger partial charge in [0.15, 0.2) is 5.82 Å². The van der Waals surface area contributed by atoms with Crippen molar-refractivity contribution in [1.29, 1.82) is 0 Å². The van der Waals surface area contributed by atoms with Gasteiger partial charge in [0.1, 0.15) is 5.82 Å². The molecule has 1 saturated heterocycles. The summed E-state index contributed by atoms with van der Waals surface area (Å²) in [7, 11) is 0. The van der Waals surface area contributed by atoms with E-state index in [4.69, 9.17) is 20.9 Å². The molecular formula is C16H19ClFN3O2. The molecule has 0 aliphatic carbocycles. The highest BCUT2D eigenvalue weighted by Gasteiger charge is 2.29. The predicted octanol–water partition coefficient (Wildman–Crippen LogP) is 3.43. The number of aryl methyl sites for hydroxylation is 1. The van der Waals surface area contributed by atoms with Crippen LogP contribution in [0, 0.1) is 18.7 Å². The van der Waals surface area contributed by atoms with Crippen LogP contribution in [0.4, 0.5) is 4.39 Å². The molecule has 3 rings (SSSR count). The fourth-order valence-corrected chi connectivity index (χ4v) is 3.04. The van der Waals surface area contributed by atoms with E-state index in [9.17, 15) is 4.39 Å². The van der Waals surface area contributed by atoms with E-state index < -0.39 is 5.82 Å². The van der Waals surface area contributed by atoms with Gasteiger partial charge in [-0.3, -0.25) is 0 Å². The summed E-state index contributed by atoms with van der Waals surface area (Å²) in [6, 6.07) is 4.87. The lowest BCUT2D eigenvalue weighted by Crippen LogP contribution is -2.32. The predicted molar refractivity (Wildman–Crippen MR) is 83.6 cm³/mol. The Morgan fingerprint density at radius 1 is 1.39 bits per heavy atom. The standard InChI is InChI=1S/C16H19ClFN3O2/c1-10-20-16(23-21-10)15(11-5-7-22-8-6-11)19-9-12-3-2-4-13(17)14(12)18/h2-4,11,15,19H,5-9H2,1H3/t15-/m0/s1. The number of ether oxygens (including phenoxy) is 1. The molecule has 23 heavy (non-hydrogen) atoms. The number of aromatic nitrogens is 2. The van der Waals surface area contributed by atoms with Crippen molar-refractivity contribution in [2.24, 2.45) is 5.92 Å². The molecule has 5 nitrogen and oxygen atoms in total. The van der Waals surface area contributed by atoms with Crippen LogP contribution in [0.5, 0.6) is 0 Å². The molecule has 0 amide bonds. The monoisotopic (exact) mass is 339 g/mol. The van der Waals surface area contributed by atoms with E-state index in [1.54, 1.807) is 19.1 Å². The fraction of sp³-hybridized carbons (Fsp3) is 0.500. The molecule has 1 fully saturated rings. The maximum absolute atomic E-state index is 14.1. The lowest BCUT2D eigenvalue weighted by Gasteiger charge is -2.28. The summed E-state index contributed by atoms with van der Waals surface area (Å²) in [6.07, 6.45) is 1.80. The number of hydrogen-bond acceptors (Lipinski definition) is 5. The van der Waals surface area contributed by atoms with Crippen molar-refractivity contribution < 1.29 is 13.7 Å². The molecule has 1 N–H and O–H groups in total. The Hall–Kier alpha value is -1.50. The van der Waals surface area contributed by atoms with Crippen LogP contribution >= 0.6 is 11.6 Å². The topological polar surface area (TPSA) is 60.2 Å². The first-order chi connectivity index (χ1) is 11.1. The maximum atomic E-state index is 14.1. The van der Waals surface area contributed by atoms with Crippen molar-refractivity contribution in [3.8, 4) is 0 Å². The van der Waals surface area contributed by atoms with Gasteiger partial charge in [-0.2, -0.15) is 4.98 Å². The first-order valence-corrected chi connectivity index (χ1v) is 8.07. The molecule has 2 heterocycles. The van der Waals surface area contributed by atoms with Crippen molar-refractivity contribution in [2.75, 3.05) is 13.2 Å². The van der Waals surface area contributed by atoms with Crippen molar-refractivity contribution in [3.63, 3.8) is 0 Å². The van der Waals surface area contributed by atoms with E-state index in [1.165, 1.54) is 6.07 Å². The average Bonchev–Trinajstić information content (AvgIpc) is 2.99. The molecule has 0 bridgehead atoms. The Kier molecular flexibility index (Phi) is 5.25. The summed E-state index contributed by atoms with van der Waals surface area (Å²) < 4.78 is 24.8. The molecule has 0 radical (unpaired) electrons. The zero-order valence-electron chi connectivity index (χ0n) is 12.9. The SMILES string of the molecule is Cc1noc([C@@H](NCc2cccc(Cl)c2F)C2CCOCC2)n1. The van der Waals surface area contributed by atoms with Gasteiger partial charge in [-0.15, -0.1) is 0 Å². The van der Waals surface area contributed by atoms with Gasteiger partial charge in [0.05, 0.1) is 11.1 Å². The fourth-order valence-electron chi connectivity index (χ4n) is 2.85. The number of nitrogens with zero attached hydrogens (tertiary/aromatic N) is 2. The Morgan fingerprint density at radius 2 is 2.17 bits per heavy atom. The van der Waals surface area contributed by atoms with E-state index in [0.29, 0.717) is 43.0 Å². The molecule has 1 aromatic heterocycles. The minimum atomic E-state index is -0.394. The lowest BCUT2D eigenvalue weighted by atomic mass is 9.91. The highest BCUT2D eigenvalue weighted by molar-refractivity contribution is 6.30. The van der Waals surface area contributed by atoms with Crippen molar-refractivity contribution in [1.82, 2.24) is 15.5 Å². The molecule has 0 spiro atoms. The van der Waals surface area contributed by atoms with Gasteiger partial charge in [0.25, 0.3) is 0 Å². The lowest BCUT2D eigenvalue weighted by molar-refractivity contribution is 0.0485. The van der Waals surface area contributed by atoms with Crippen LogP contribution in [0.3, 0.4) is 0 Å². The van der Waals surface area contributed by atoms with Crippen LogP contribution in [-0.2, 0) is 11.3 Å². The summed E-state index contributed by atoms with van der Waals surface area (Å²) in [4.78, 5) is 4.34. The Bertz CT molecular complexity index is 659. The van der Waals surface area contributed by atoms with E-state index in [0.717, 1.165) is 12.8 Å². The van der Waals surface area contributed by atoms with Crippen molar-refractivity contribution in [3.05, 3.63) is 46.3 Å². The van der Waals surface area contributed by atoms with Crippen LogP contribution in [0.15, 0.2) is 22.7 Å². The van der Waals surface area contributed by atoms with Crippen molar-refractivity contribution in [2.45, 2.75) is 32.4 Å². The second-order valence-electron chi connectivity index (χ2n) is 5.70. The second-order valence-corrected chi connectivity index (χ2v) is 6.11. The summed E-state index contributed by atoms with van der Waals surface area (Å²) >= 11 is 5.84. The number of benzene rings is 1. The summed E-state index contributed by atoms with van der Waals surface area (Å²) in [6.45, 7) is 3.55. The van der Waals surface area contributed by atoms with Crippen LogP contribution in [0.2, 0.25) is 5.02 Å². The minimum Gasteiger partial charge on any atom is -0.381 e. The first-order valence-electron chi connectivity index (χ1n) is 7.69. The zero-order valence-corrected chi connectivity index (χ0v) is 13.6. The molecule has 1 aromatic carbocycles. The Labute approximate surface area is 139 Å². The van der Waals surface area contributed by atoms with Crippen LogP contribution < -0.4 is 5.32 Å². The number of hydrogen-bond donors (Lipinski definition) is 1. The molecule has 124 valence electrons. The van der Waals surface area contributed by atoms with Gasteiger partial charge in [-0.05, 0) is 31.7 Å². The van der Waals surface area contributed by atoms with Gasteiger partial charge < -0.3 is 14.6 Å². The van der Waals surface area contributed by atoms with E-state index in [-0.39, 0.29) is 11.1 Å². The molecule has 0 unspecified atom stereocenters. The van der Waals surface area contributed by atoms with Crippen LogP contribution in [-0.4, -0.2) is 23.4 Å². The average molecular weight is 340 g/mol. The van der Waals surface area contributed by atoms with Gasteiger partial charge in [-0.1, -0.05) is 28.9 Å². The van der Waals surface area contributed by atoms with E-state index in [1.807, 2.05) is 0 Å². The maximum Gasteiger partial charge on any atom is 0.244 e. The molecular weight excluding hydrogens is 321 g/mol. The molecule has 1 atom stereocenters. The van der Waals surface area contributed by atoms with Gasteiger partial charge >= 0.3 is 0 Å². The zero-order chi connectivity index (χ0) is 16.2. The second kappa shape index (κ2) is 7.38. The quantitative estimate of drug-likeness (QED) is 0.904. The van der Waals surface area contributed by atoms with Gasteiger partial charge in [0.2, 0.25) is 5.89 Å². The minimum absolute atomic E-state index is 0.126. The Balaban J connectivity index is 1.76. The largest absolute Gasteiger partial charge is 0.381 e. The molecule has 1 aliphatic heterocycles. The summed E-state index contributed by atoms with van der Waals surface area (Å²) in [5.41, 5.74) is 0.519. The molecule has 1 aliphatic rings. The molecule has 2 aromatic rings. The Morgan fingerprint density at radius 3 is 2.87 bits per heavy atom. The van der Waals surface area contributed by atoms with Crippen molar-refractivity contribution >= 4 is 11.6 Å². The third-order valence-electron chi connectivity index (χ3n) is 4.09. The third-order valence-corrected chi connectivity index (χ3v) is 4.38. The first kappa shape index (κ1) is 16.4. The highest BCUT2D eigenvalue weighted by atomic mass is 35.5. The van der Waals surface area contributed by atoms with Gasteiger partial charge in [-0.25, -0.2) is 4.39 Å². The van der Waals surface area contributed by atoms with Crippen LogP contribution in [0.25, 0.3) is 0 Å². The highest BCUT2D eigenvalue weighted by Crippen LogP contribution is 2.30. The van der Waals surface area contributed by atoms with E-state index >= 15 is 0 Å². The van der Waals surface area contributed by atoms with Gasteiger partial charge in [0, 0.05) is 25.3 Å². The van der Waals surface area contributed by atoms with E-state index in [2.05, 4.69) is 15.5 Å². The normalized spacial score (nSPS) is 17.3. The number of nitrogens with one attached hydrogen (secondary N) is 1.